The summed E-state index contributed by atoms with van der Waals surface area (Å²) >= 11 is 0. The summed E-state index contributed by atoms with van der Waals surface area (Å²) in [5.41, 5.74) is 2.16. The summed E-state index contributed by atoms with van der Waals surface area (Å²) in [5, 5.41) is 4.09. The number of aryl methyl sites for hydroxylation is 1. The van der Waals surface area contributed by atoms with E-state index in [-0.39, 0.29) is 5.56 Å². The van der Waals surface area contributed by atoms with Crippen molar-refractivity contribution in [3.8, 4) is 11.1 Å². The molecule has 0 fully saturated rings. The Kier molecular flexibility index (Phi) is 4.58. The molecule has 0 bridgehead atoms. The first kappa shape index (κ1) is 18.7. The van der Waals surface area contributed by atoms with Crippen LogP contribution in [0.15, 0.2) is 77.7 Å². The van der Waals surface area contributed by atoms with E-state index >= 15 is 0 Å². The molecule has 0 unspecified atom stereocenters. The van der Waals surface area contributed by atoms with Crippen LogP contribution in [0, 0.1) is 0 Å². The molecular weight excluding hydrogens is 379 g/mol. The van der Waals surface area contributed by atoms with E-state index in [1.165, 1.54) is 18.2 Å². The Morgan fingerprint density at radius 2 is 1.69 bits per heavy atom. The summed E-state index contributed by atoms with van der Waals surface area (Å²) in [7, 11) is 1.71. The Labute approximate surface area is 164 Å². The molecule has 29 heavy (non-hydrogen) atoms. The first-order valence-electron chi connectivity index (χ1n) is 8.82. The van der Waals surface area contributed by atoms with Crippen molar-refractivity contribution in [3.63, 3.8) is 0 Å². The van der Waals surface area contributed by atoms with Crippen LogP contribution in [-0.2, 0) is 13.2 Å². The SMILES string of the molecule is Cn1c(=O)ccc2c(Nc3cc(-c4ccc(C(F)(F)F)cc4)ccn3)cccc21. The number of pyridine rings is 2. The fourth-order valence-electron chi connectivity index (χ4n) is 3.18. The number of anilines is 2. The highest BCUT2D eigenvalue weighted by atomic mass is 19.4. The molecule has 4 nitrogen and oxygen atoms in total. The van der Waals surface area contributed by atoms with E-state index < -0.39 is 11.7 Å². The Morgan fingerprint density at radius 3 is 2.41 bits per heavy atom. The number of rotatable bonds is 3. The normalized spacial score (nSPS) is 11.6. The molecule has 0 aliphatic carbocycles. The first-order chi connectivity index (χ1) is 13.8. The predicted molar refractivity (Wildman–Crippen MR) is 107 cm³/mol. The van der Waals surface area contributed by atoms with Gasteiger partial charge in [0.15, 0.2) is 0 Å². The second kappa shape index (κ2) is 7.09. The third-order valence-electron chi connectivity index (χ3n) is 4.74. The Hall–Kier alpha value is -3.61. The molecule has 0 radical (unpaired) electrons. The quantitative estimate of drug-likeness (QED) is 0.508. The average Bonchev–Trinajstić information content (AvgIpc) is 2.71. The summed E-state index contributed by atoms with van der Waals surface area (Å²) in [5.74, 6) is 0.545. The number of benzene rings is 2. The van der Waals surface area contributed by atoms with Gasteiger partial charge in [0, 0.05) is 30.4 Å². The topological polar surface area (TPSA) is 46.9 Å². The zero-order valence-corrected chi connectivity index (χ0v) is 15.4. The third-order valence-corrected chi connectivity index (χ3v) is 4.74. The molecule has 0 aliphatic heterocycles. The number of fused-ring (bicyclic) bond motifs is 1. The van der Waals surface area contributed by atoms with Gasteiger partial charge in [-0.3, -0.25) is 4.79 Å². The van der Waals surface area contributed by atoms with Crippen LogP contribution in [0.4, 0.5) is 24.7 Å². The van der Waals surface area contributed by atoms with E-state index in [9.17, 15) is 18.0 Å². The Morgan fingerprint density at radius 1 is 0.931 bits per heavy atom. The van der Waals surface area contributed by atoms with Crippen molar-refractivity contribution >= 4 is 22.4 Å². The molecule has 1 N–H and O–H groups in total. The number of alkyl halides is 3. The van der Waals surface area contributed by atoms with Gasteiger partial charge >= 0.3 is 6.18 Å². The smallest absolute Gasteiger partial charge is 0.340 e. The molecule has 0 saturated heterocycles. The fraction of sp³-hybridized carbons (Fsp3) is 0.0909. The number of halogens is 3. The molecule has 0 saturated carbocycles. The van der Waals surface area contributed by atoms with Crippen LogP contribution in [0.1, 0.15) is 5.56 Å². The number of hydrogen-bond acceptors (Lipinski definition) is 3. The number of aromatic nitrogens is 2. The molecular formula is C22H16F3N3O. The number of nitrogens with one attached hydrogen (secondary N) is 1. The van der Waals surface area contributed by atoms with Crippen molar-refractivity contribution in [2.45, 2.75) is 6.18 Å². The van der Waals surface area contributed by atoms with E-state index in [1.54, 1.807) is 36.0 Å². The van der Waals surface area contributed by atoms with Crippen LogP contribution in [0.25, 0.3) is 22.0 Å². The molecule has 4 rings (SSSR count). The maximum atomic E-state index is 12.8. The van der Waals surface area contributed by atoms with Crippen molar-refractivity contribution in [3.05, 3.63) is 88.8 Å². The fourth-order valence-corrected chi connectivity index (χ4v) is 3.18. The second-order valence-corrected chi connectivity index (χ2v) is 6.60. The van der Waals surface area contributed by atoms with Crippen LogP contribution in [0.2, 0.25) is 0 Å². The highest BCUT2D eigenvalue weighted by Crippen LogP contribution is 2.32. The summed E-state index contributed by atoms with van der Waals surface area (Å²) < 4.78 is 39.9. The second-order valence-electron chi connectivity index (χ2n) is 6.60. The van der Waals surface area contributed by atoms with Gasteiger partial charge in [-0.25, -0.2) is 4.98 Å². The van der Waals surface area contributed by atoms with Crippen molar-refractivity contribution in [1.82, 2.24) is 9.55 Å². The van der Waals surface area contributed by atoms with Crippen molar-refractivity contribution < 1.29 is 13.2 Å². The lowest BCUT2D eigenvalue weighted by Crippen LogP contribution is -2.15. The van der Waals surface area contributed by atoms with Crippen molar-refractivity contribution in [2.75, 3.05) is 5.32 Å². The van der Waals surface area contributed by atoms with Crippen LogP contribution in [-0.4, -0.2) is 9.55 Å². The molecule has 0 amide bonds. The molecule has 0 spiro atoms. The zero-order valence-electron chi connectivity index (χ0n) is 15.4. The molecule has 146 valence electrons. The van der Waals surface area contributed by atoms with Crippen LogP contribution < -0.4 is 10.9 Å². The standard InChI is InChI=1S/C22H16F3N3O/c1-28-19-4-2-3-18(17(19)9-10-21(28)29)27-20-13-15(11-12-26-20)14-5-7-16(8-6-14)22(23,24)25/h2-13H,1H3,(H,26,27). The lowest BCUT2D eigenvalue weighted by molar-refractivity contribution is -0.137. The van der Waals surface area contributed by atoms with Crippen LogP contribution in [0.5, 0.6) is 0 Å². The minimum atomic E-state index is -4.36. The summed E-state index contributed by atoms with van der Waals surface area (Å²) in [6.45, 7) is 0. The van der Waals surface area contributed by atoms with Crippen molar-refractivity contribution in [2.24, 2.45) is 7.05 Å². The minimum Gasteiger partial charge on any atom is -0.340 e. The summed E-state index contributed by atoms with van der Waals surface area (Å²) in [6.07, 6.45) is -2.77. The zero-order chi connectivity index (χ0) is 20.6. The van der Waals surface area contributed by atoms with Gasteiger partial charge in [-0.15, -0.1) is 0 Å². The molecule has 2 heterocycles. The molecule has 2 aromatic heterocycles. The van der Waals surface area contributed by atoms with Crippen LogP contribution >= 0.6 is 0 Å². The maximum Gasteiger partial charge on any atom is 0.416 e. The molecule has 4 aromatic rings. The van der Waals surface area contributed by atoms with E-state index in [1.807, 2.05) is 18.2 Å². The van der Waals surface area contributed by atoms with Gasteiger partial charge in [0.25, 0.3) is 5.56 Å². The number of hydrogen-bond donors (Lipinski definition) is 1. The highest BCUT2D eigenvalue weighted by molar-refractivity contribution is 5.93. The Balaban J connectivity index is 1.68. The van der Waals surface area contributed by atoms with Gasteiger partial charge in [0.05, 0.1) is 11.1 Å². The molecule has 0 atom stereocenters. The van der Waals surface area contributed by atoms with Gasteiger partial charge in [0.2, 0.25) is 0 Å². The van der Waals surface area contributed by atoms with E-state index in [0.717, 1.165) is 34.3 Å². The monoisotopic (exact) mass is 395 g/mol. The third kappa shape index (κ3) is 3.71. The first-order valence-corrected chi connectivity index (χ1v) is 8.82. The maximum absolute atomic E-state index is 12.8. The average molecular weight is 395 g/mol. The van der Waals surface area contributed by atoms with Crippen molar-refractivity contribution in [1.29, 1.82) is 0 Å². The number of nitrogens with zero attached hydrogens (tertiary/aromatic N) is 2. The molecule has 7 heteroatoms. The van der Waals surface area contributed by atoms with Gasteiger partial charge in [0.1, 0.15) is 5.82 Å². The van der Waals surface area contributed by atoms with Gasteiger partial charge in [-0.05, 0) is 53.6 Å². The van der Waals surface area contributed by atoms with Gasteiger partial charge < -0.3 is 9.88 Å². The molecule has 2 aromatic carbocycles. The van der Waals surface area contributed by atoms with Crippen LogP contribution in [0.3, 0.4) is 0 Å². The van der Waals surface area contributed by atoms with E-state index in [0.29, 0.717) is 11.4 Å². The largest absolute Gasteiger partial charge is 0.416 e. The Bertz CT molecular complexity index is 1240. The minimum absolute atomic E-state index is 0.0999. The summed E-state index contributed by atoms with van der Waals surface area (Å²) in [6, 6.07) is 17.3. The van der Waals surface area contributed by atoms with Gasteiger partial charge in [-0.2, -0.15) is 13.2 Å². The summed E-state index contributed by atoms with van der Waals surface area (Å²) in [4.78, 5) is 16.2. The predicted octanol–water partition coefficient (Wildman–Crippen LogP) is 5.36. The van der Waals surface area contributed by atoms with E-state index in [2.05, 4.69) is 10.3 Å². The lowest BCUT2D eigenvalue weighted by Gasteiger charge is -2.12. The molecule has 0 aliphatic rings. The van der Waals surface area contributed by atoms with E-state index in [4.69, 9.17) is 0 Å². The highest BCUT2D eigenvalue weighted by Gasteiger charge is 2.29. The van der Waals surface area contributed by atoms with Gasteiger partial charge in [-0.1, -0.05) is 18.2 Å². The lowest BCUT2D eigenvalue weighted by atomic mass is 10.0.